The van der Waals surface area contributed by atoms with E-state index in [2.05, 4.69) is 5.32 Å². The van der Waals surface area contributed by atoms with Crippen molar-refractivity contribution in [2.24, 2.45) is 0 Å². The van der Waals surface area contributed by atoms with Crippen molar-refractivity contribution in [2.75, 3.05) is 11.9 Å². The van der Waals surface area contributed by atoms with Crippen molar-refractivity contribution in [1.29, 1.82) is 0 Å². The quantitative estimate of drug-likeness (QED) is 0.895. The van der Waals surface area contributed by atoms with Gasteiger partial charge in [-0.2, -0.15) is 0 Å². The second-order valence-corrected chi connectivity index (χ2v) is 7.05. The molecule has 1 atom stereocenters. The van der Waals surface area contributed by atoms with Gasteiger partial charge < -0.3 is 5.32 Å². The maximum Gasteiger partial charge on any atom is 0.289 e. The first-order chi connectivity index (χ1) is 12.0. The van der Waals surface area contributed by atoms with E-state index in [9.17, 15) is 14.4 Å². The molecular formula is C19H18N2O3S. The van der Waals surface area contributed by atoms with Crippen LogP contribution in [-0.4, -0.2) is 33.7 Å². The maximum atomic E-state index is 12.5. The monoisotopic (exact) mass is 354 g/mol. The lowest BCUT2D eigenvalue weighted by atomic mass is 10.1. The van der Waals surface area contributed by atoms with Crippen LogP contribution in [0.15, 0.2) is 54.6 Å². The molecule has 1 aliphatic heterocycles. The molecule has 2 aromatic rings. The van der Waals surface area contributed by atoms with Crippen LogP contribution in [0.25, 0.3) is 0 Å². The summed E-state index contributed by atoms with van der Waals surface area (Å²) in [5.41, 5.74) is 2.72. The van der Waals surface area contributed by atoms with Crippen LogP contribution in [0.5, 0.6) is 0 Å². The number of anilines is 1. The number of nitrogens with one attached hydrogen (secondary N) is 1. The summed E-state index contributed by atoms with van der Waals surface area (Å²) in [6, 6.07) is 16.9. The molecule has 2 aromatic carbocycles. The Balaban J connectivity index is 1.60. The van der Waals surface area contributed by atoms with E-state index >= 15 is 0 Å². The molecule has 1 aliphatic rings. The van der Waals surface area contributed by atoms with E-state index in [4.69, 9.17) is 0 Å². The van der Waals surface area contributed by atoms with Gasteiger partial charge in [-0.05, 0) is 31.0 Å². The van der Waals surface area contributed by atoms with Gasteiger partial charge in [0.25, 0.3) is 5.24 Å². The zero-order chi connectivity index (χ0) is 17.8. The van der Waals surface area contributed by atoms with E-state index in [1.54, 1.807) is 12.1 Å². The summed E-state index contributed by atoms with van der Waals surface area (Å²) in [5.74, 6) is -0.690. The summed E-state index contributed by atoms with van der Waals surface area (Å²) in [4.78, 5) is 37.7. The molecule has 1 N–H and O–H groups in total. The third-order valence-electron chi connectivity index (χ3n) is 3.91. The number of benzene rings is 2. The highest BCUT2D eigenvalue weighted by molar-refractivity contribution is 8.15. The summed E-state index contributed by atoms with van der Waals surface area (Å²) in [5, 5.41) is 1.87. The average molecular weight is 354 g/mol. The lowest BCUT2D eigenvalue weighted by molar-refractivity contribution is -0.130. The van der Waals surface area contributed by atoms with Crippen molar-refractivity contribution in [3.05, 3.63) is 65.7 Å². The van der Waals surface area contributed by atoms with E-state index in [-0.39, 0.29) is 23.6 Å². The summed E-state index contributed by atoms with van der Waals surface area (Å²) in [7, 11) is 0. The van der Waals surface area contributed by atoms with Crippen LogP contribution in [-0.2, 0) is 16.0 Å². The molecule has 25 heavy (non-hydrogen) atoms. The molecule has 1 saturated heterocycles. The summed E-state index contributed by atoms with van der Waals surface area (Å²) >= 11 is 0.984. The highest BCUT2D eigenvalue weighted by atomic mass is 32.2. The van der Waals surface area contributed by atoms with Gasteiger partial charge in [-0.3, -0.25) is 19.3 Å². The van der Waals surface area contributed by atoms with Gasteiger partial charge in [0.05, 0.1) is 5.25 Å². The van der Waals surface area contributed by atoms with Crippen LogP contribution < -0.4 is 5.32 Å². The van der Waals surface area contributed by atoms with Crippen molar-refractivity contribution >= 4 is 34.5 Å². The number of hydrogen-bond donors (Lipinski definition) is 1. The number of nitrogens with zero attached hydrogens (tertiary/aromatic N) is 1. The average Bonchev–Trinajstić information content (AvgIpc) is 2.85. The van der Waals surface area contributed by atoms with Crippen molar-refractivity contribution in [1.82, 2.24) is 4.90 Å². The molecule has 0 aliphatic carbocycles. The summed E-state index contributed by atoms with van der Waals surface area (Å²) < 4.78 is 0. The Kier molecular flexibility index (Phi) is 5.19. The van der Waals surface area contributed by atoms with Gasteiger partial charge in [-0.15, -0.1) is 0 Å². The second kappa shape index (κ2) is 7.53. The topological polar surface area (TPSA) is 66.5 Å². The van der Waals surface area contributed by atoms with Gasteiger partial charge in [0.15, 0.2) is 0 Å². The highest BCUT2D eigenvalue weighted by Crippen LogP contribution is 2.29. The first-order valence-corrected chi connectivity index (χ1v) is 8.83. The number of carbonyl (C=O) groups is 3. The van der Waals surface area contributed by atoms with Crippen LogP contribution in [0.2, 0.25) is 0 Å². The van der Waals surface area contributed by atoms with Crippen molar-refractivity contribution < 1.29 is 14.4 Å². The van der Waals surface area contributed by atoms with Crippen molar-refractivity contribution in [3.63, 3.8) is 0 Å². The minimum absolute atomic E-state index is 0.260. The Morgan fingerprint density at radius 1 is 1.08 bits per heavy atom. The number of carbonyl (C=O) groups excluding carboxylic acids is 3. The second-order valence-electron chi connectivity index (χ2n) is 5.90. The first-order valence-electron chi connectivity index (χ1n) is 7.95. The molecule has 6 heteroatoms. The first kappa shape index (κ1) is 17.2. The van der Waals surface area contributed by atoms with Gasteiger partial charge in [0.1, 0.15) is 6.54 Å². The fourth-order valence-corrected chi connectivity index (χ4v) is 3.61. The smallest absolute Gasteiger partial charge is 0.289 e. The van der Waals surface area contributed by atoms with Crippen molar-refractivity contribution in [3.8, 4) is 0 Å². The number of hydrogen-bond acceptors (Lipinski definition) is 4. The van der Waals surface area contributed by atoms with Crippen LogP contribution >= 0.6 is 11.8 Å². The molecule has 3 rings (SSSR count). The largest absolute Gasteiger partial charge is 0.325 e. The Morgan fingerprint density at radius 2 is 1.76 bits per heavy atom. The number of aryl methyl sites for hydroxylation is 1. The Bertz CT molecular complexity index is 790. The van der Waals surface area contributed by atoms with Crippen LogP contribution in [0.1, 0.15) is 11.1 Å². The fourth-order valence-electron chi connectivity index (χ4n) is 2.58. The minimum atomic E-state index is -0.470. The summed E-state index contributed by atoms with van der Waals surface area (Å²) in [6.07, 6.45) is 0.478. The Morgan fingerprint density at radius 3 is 2.44 bits per heavy atom. The molecule has 0 bridgehead atoms. The molecule has 3 amide bonds. The molecule has 0 radical (unpaired) electrons. The predicted molar refractivity (Wildman–Crippen MR) is 98.4 cm³/mol. The normalized spacial score (nSPS) is 17.0. The van der Waals surface area contributed by atoms with Crippen LogP contribution in [0.4, 0.5) is 10.5 Å². The van der Waals surface area contributed by atoms with Crippen LogP contribution in [0.3, 0.4) is 0 Å². The van der Waals surface area contributed by atoms with Gasteiger partial charge in [0.2, 0.25) is 11.8 Å². The van der Waals surface area contributed by atoms with E-state index in [1.807, 2.05) is 49.4 Å². The lowest BCUT2D eigenvalue weighted by Crippen LogP contribution is -2.38. The predicted octanol–water partition coefficient (Wildman–Crippen LogP) is 3.24. The fraction of sp³-hybridized carbons (Fsp3) is 0.211. The van der Waals surface area contributed by atoms with Gasteiger partial charge >= 0.3 is 0 Å². The maximum absolute atomic E-state index is 12.5. The van der Waals surface area contributed by atoms with E-state index in [0.717, 1.165) is 27.8 Å². The number of imide groups is 1. The van der Waals surface area contributed by atoms with E-state index in [0.29, 0.717) is 12.1 Å². The standard InChI is InChI=1S/C19H18N2O3S/c1-13-7-9-15(10-8-13)20-17(22)12-21-18(23)16(25-19(21)24)11-14-5-3-2-4-6-14/h2-10,16H,11-12H2,1H3,(H,20,22)/t16-/m1/s1. The number of thioether (sulfide) groups is 1. The summed E-state index contributed by atoms with van der Waals surface area (Å²) in [6.45, 7) is 1.70. The zero-order valence-electron chi connectivity index (χ0n) is 13.8. The van der Waals surface area contributed by atoms with Gasteiger partial charge in [0, 0.05) is 5.69 Å². The number of amides is 3. The molecule has 5 nitrogen and oxygen atoms in total. The van der Waals surface area contributed by atoms with Crippen LogP contribution in [0, 0.1) is 6.92 Å². The van der Waals surface area contributed by atoms with E-state index < -0.39 is 5.25 Å². The van der Waals surface area contributed by atoms with E-state index in [1.165, 1.54) is 0 Å². The third kappa shape index (κ3) is 4.28. The lowest BCUT2D eigenvalue weighted by Gasteiger charge is -2.14. The molecule has 0 aromatic heterocycles. The zero-order valence-corrected chi connectivity index (χ0v) is 14.6. The SMILES string of the molecule is Cc1ccc(NC(=O)CN2C(=O)S[C@H](Cc3ccccc3)C2=O)cc1. The van der Waals surface area contributed by atoms with Gasteiger partial charge in [-0.25, -0.2) is 0 Å². The molecular weight excluding hydrogens is 336 g/mol. The molecule has 0 spiro atoms. The molecule has 128 valence electrons. The van der Waals surface area contributed by atoms with Gasteiger partial charge in [-0.1, -0.05) is 59.8 Å². The Hall–Kier alpha value is -2.60. The minimum Gasteiger partial charge on any atom is -0.325 e. The molecule has 1 heterocycles. The third-order valence-corrected chi connectivity index (χ3v) is 4.98. The Labute approximate surface area is 150 Å². The molecule has 0 saturated carbocycles. The highest BCUT2D eigenvalue weighted by Gasteiger charge is 2.40. The molecule has 1 fully saturated rings. The van der Waals surface area contributed by atoms with Crippen molar-refractivity contribution in [2.45, 2.75) is 18.6 Å². The molecule has 0 unspecified atom stereocenters. The number of rotatable bonds is 5.